The molecule has 0 spiro atoms. The van der Waals surface area contributed by atoms with Crippen molar-refractivity contribution in [3.8, 4) is 0 Å². The number of nitrogens with one attached hydrogen (secondary N) is 1. The molecular formula is C16H18BrN2O+. The number of rotatable bonds is 4. The van der Waals surface area contributed by atoms with Crippen molar-refractivity contribution in [1.82, 2.24) is 0 Å². The van der Waals surface area contributed by atoms with Crippen molar-refractivity contribution in [2.45, 2.75) is 26.8 Å². The molecule has 0 radical (unpaired) electrons. The van der Waals surface area contributed by atoms with Crippen molar-refractivity contribution in [3.05, 3.63) is 58.3 Å². The van der Waals surface area contributed by atoms with Gasteiger partial charge in [0.25, 0.3) is 5.91 Å². The van der Waals surface area contributed by atoms with Crippen LogP contribution in [0, 0.1) is 6.92 Å². The number of aromatic nitrogens is 1. The molecular weight excluding hydrogens is 316 g/mol. The Kier molecular flexibility index (Phi) is 4.90. The first-order valence-corrected chi connectivity index (χ1v) is 7.41. The summed E-state index contributed by atoms with van der Waals surface area (Å²) in [6.45, 7) is 4.44. The van der Waals surface area contributed by atoms with Crippen LogP contribution in [-0.2, 0) is 17.8 Å². The van der Waals surface area contributed by atoms with Crippen LogP contribution in [0.5, 0.6) is 0 Å². The van der Waals surface area contributed by atoms with Gasteiger partial charge in [0.2, 0.25) is 6.54 Å². The number of carbonyl (C=O) groups excluding carboxylic acids is 1. The van der Waals surface area contributed by atoms with Gasteiger partial charge < -0.3 is 5.32 Å². The summed E-state index contributed by atoms with van der Waals surface area (Å²) in [4.78, 5) is 12.0. The first-order valence-electron chi connectivity index (χ1n) is 6.62. The van der Waals surface area contributed by atoms with E-state index in [0.717, 1.165) is 22.1 Å². The molecule has 1 aromatic heterocycles. The number of amides is 1. The van der Waals surface area contributed by atoms with E-state index in [1.54, 1.807) is 0 Å². The second-order valence-electron chi connectivity index (χ2n) is 4.74. The summed E-state index contributed by atoms with van der Waals surface area (Å²) < 4.78 is 2.87. The summed E-state index contributed by atoms with van der Waals surface area (Å²) in [7, 11) is 0. The highest BCUT2D eigenvalue weighted by Gasteiger charge is 2.09. The van der Waals surface area contributed by atoms with Gasteiger partial charge in [-0.25, -0.2) is 0 Å². The van der Waals surface area contributed by atoms with Crippen LogP contribution < -0.4 is 9.88 Å². The van der Waals surface area contributed by atoms with E-state index in [1.807, 2.05) is 54.2 Å². The van der Waals surface area contributed by atoms with Gasteiger partial charge in [-0.05, 0) is 36.6 Å². The average Bonchev–Trinajstić information content (AvgIpc) is 2.44. The van der Waals surface area contributed by atoms with Crippen LogP contribution in [0.3, 0.4) is 0 Å². The first kappa shape index (κ1) is 14.7. The van der Waals surface area contributed by atoms with E-state index in [4.69, 9.17) is 0 Å². The van der Waals surface area contributed by atoms with Crippen molar-refractivity contribution < 1.29 is 9.36 Å². The summed E-state index contributed by atoms with van der Waals surface area (Å²) in [5.41, 5.74) is 3.22. The molecule has 0 saturated heterocycles. The molecule has 1 amide bonds. The van der Waals surface area contributed by atoms with E-state index in [0.29, 0.717) is 6.54 Å². The van der Waals surface area contributed by atoms with Crippen molar-refractivity contribution in [3.63, 3.8) is 0 Å². The van der Waals surface area contributed by atoms with E-state index < -0.39 is 0 Å². The monoisotopic (exact) mass is 333 g/mol. The topological polar surface area (TPSA) is 33.0 Å². The first-order chi connectivity index (χ1) is 9.58. The number of hydrogen-bond donors (Lipinski definition) is 1. The number of nitrogens with zero attached hydrogens (tertiary/aromatic N) is 1. The third kappa shape index (κ3) is 3.90. The third-order valence-corrected chi connectivity index (χ3v) is 4.00. The van der Waals surface area contributed by atoms with Crippen LogP contribution in [-0.4, -0.2) is 5.91 Å². The molecule has 0 aliphatic heterocycles. The average molecular weight is 334 g/mol. The number of hydrogen-bond acceptors (Lipinski definition) is 1. The van der Waals surface area contributed by atoms with Crippen molar-refractivity contribution in [2.75, 3.05) is 5.32 Å². The summed E-state index contributed by atoms with van der Waals surface area (Å²) >= 11 is 3.46. The Labute approximate surface area is 127 Å². The Morgan fingerprint density at radius 2 is 1.95 bits per heavy atom. The predicted molar refractivity (Wildman–Crippen MR) is 83.5 cm³/mol. The van der Waals surface area contributed by atoms with Gasteiger partial charge in [0.1, 0.15) is 0 Å². The molecule has 2 aromatic rings. The van der Waals surface area contributed by atoms with Crippen LogP contribution in [0.25, 0.3) is 0 Å². The van der Waals surface area contributed by atoms with Gasteiger partial charge in [0.05, 0.1) is 0 Å². The number of pyridine rings is 1. The van der Waals surface area contributed by atoms with Crippen LogP contribution in [0.15, 0.2) is 47.2 Å². The molecule has 1 aromatic carbocycles. The van der Waals surface area contributed by atoms with Gasteiger partial charge in [-0.3, -0.25) is 4.79 Å². The normalized spacial score (nSPS) is 10.3. The maximum absolute atomic E-state index is 12.0. The minimum absolute atomic E-state index is 0.0324. The molecule has 2 rings (SSSR count). The molecule has 0 bridgehead atoms. The van der Waals surface area contributed by atoms with Crippen LogP contribution >= 0.6 is 15.9 Å². The molecule has 104 valence electrons. The quantitative estimate of drug-likeness (QED) is 0.856. The molecule has 0 aliphatic rings. The second-order valence-corrected chi connectivity index (χ2v) is 5.60. The molecule has 0 unspecified atom stereocenters. The van der Waals surface area contributed by atoms with E-state index in [1.165, 1.54) is 5.56 Å². The minimum atomic E-state index is -0.0324. The van der Waals surface area contributed by atoms with Crippen molar-refractivity contribution in [2.24, 2.45) is 0 Å². The number of carbonyl (C=O) groups is 1. The number of benzene rings is 1. The maximum atomic E-state index is 12.0. The fourth-order valence-corrected chi connectivity index (χ4v) is 2.25. The molecule has 0 aliphatic carbocycles. The minimum Gasteiger partial charge on any atom is -0.321 e. The smallest absolute Gasteiger partial charge is 0.290 e. The fraction of sp³-hybridized carbons (Fsp3) is 0.250. The lowest BCUT2D eigenvalue weighted by molar-refractivity contribution is -0.684. The lowest BCUT2D eigenvalue weighted by Crippen LogP contribution is -2.39. The highest BCUT2D eigenvalue weighted by Crippen LogP contribution is 2.20. The van der Waals surface area contributed by atoms with Gasteiger partial charge >= 0.3 is 0 Å². The van der Waals surface area contributed by atoms with Crippen molar-refractivity contribution >= 4 is 27.5 Å². The third-order valence-electron chi connectivity index (χ3n) is 3.15. The Hall–Kier alpha value is -1.68. The zero-order valence-electron chi connectivity index (χ0n) is 11.7. The molecule has 1 N–H and O–H groups in total. The Balaban J connectivity index is 1.99. The maximum Gasteiger partial charge on any atom is 0.290 e. The summed E-state index contributed by atoms with van der Waals surface area (Å²) in [6.07, 6.45) is 4.87. The molecule has 0 saturated carbocycles. The lowest BCUT2D eigenvalue weighted by Gasteiger charge is -2.05. The Morgan fingerprint density at radius 3 is 2.55 bits per heavy atom. The molecule has 3 nitrogen and oxygen atoms in total. The van der Waals surface area contributed by atoms with E-state index in [2.05, 4.69) is 28.2 Å². The lowest BCUT2D eigenvalue weighted by atomic mass is 10.2. The highest BCUT2D eigenvalue weighted by molar-refractivity contribution is 9.10. The van der Waals surface area contributed by atoms with E-state index >= 15 is 0 Å². The Morgan fingerprint density at radius 1 is 1.25 bits per heavy atom. The number of anilines is 1. The molecule has 0 atom stereocenters. The van der Waals surface area contributed by atoms with E-state index in [9.17, 15) is 4.79 Å². The SMILES string of the molecule is CCc1cc[n+](CC(=O)Nc2ccc(C)c(Br)c2)cc1. The van der Waals surface area contributed by atoms with E-state index in [-0.39, 0.29) is 5.91 Å². The summed E-state index contributed by atoms with van der Waals surface area (Å²) in [5, 5.41) is 2.90. The standard InChI is InChI=1S/C16H17BrN2O/c1-3-13-6-8-19(9-7-13)11-16(20)18-14-5-4-12(2)15(17)10-14/h4-10H,3,11H2,1-2H3/p+1. The summed E-state index contributed by atoms with van der Waals surface area (Å²) in [5.74, 6) is -0.0324. The zero-order chi connectivity index (χ0) is 14.5. The van der Waals surface area contributed by atoms with Gasteiger partial charge in [-0.2, -0.15) is 4.57 Å². The molecule has 4 heteroatoms. The van der Waals surface area contributed by atoms with Crippen molar-refractivity contribution in [1.29, 1.82) is 0 Å². The van der Waals surface area contributed by atoms with Crippen LogP contribution in [0.1, 0.15) is 18.1 Å². The number of aryl methyl sites for hydroxylation is 2. The van der Waals surface area contributed by atoms with Crippen LogP contribution in [0.4, 0.5) is 5.69 Å². The zero-order valence-corrected chi connectivity index (χ0v) is 13.3. The molecule has 20 heavy (non-hydrogen) atoms. The van der Waals surface area contributed by atoms with Gasteiger partial charge in [-0.1, -0.05) is 28.9 Å². The molecule has 0 fully saturated rings. The molecule has 1 heterocycles. The fourth-order valence-electron chi connectivity index (χ4n) is 1.87. The Bertz CT molecular complexity index is 608. The van der Waals surface area contributed by atoms with Gasteiger partial charge in [0.15, 0.2) is 12.4 Å². The van der Waals surface area contributed by atoms with Gasteiger partial charge in [0, 0.05) is 22.3 Å². The second kappa shape index (κ2) is 6.66. The van der Waals surface area contributed by atoms with Gasteiger partial charge in [-0.15, -0.1) is 0 Å². The summed E-state index contributed by atoms with van der Waals surface area (Å²) in [6, 6.07) is 9.87. The largest absolute Gasteiger partial charge is 0.321 e. The predicted octanol–water partition coefficient (Wildman–Crippen LogP) is 3.25. The van der Waals surface area contributed by atoms with Crippen LogP contribution in [0.2, 0.25) is 0 Å². The highest BCUT2D eigenvalue weighted by atomic mass is 79.9. The number of halogens is 1.